The molecular formula is C25H28N4O4S. The van der Waals surface area contributed by atoms with E-state index >= 15 is 0 Å². The van der Waals surface area contributed by atoms with Gasteiger partial charge in [-0.15, -0.1) is 0 Å². The summed E-state index contributed by atoms with van der Waals surface area (Å²) in [6.45, 7) is 3.57. The van der Waals surface area contributed by atoms with Crippen molar-refractivity contribution in [1.82, 2.24) is 19.4 Å². The first-order valence-corrected chi connectivity index (χ1v) is 12.6. The molecule has 0 N–H and O–H groups in total. The second kappa shape index (κ2) is 10.5. The number of amides is 2. The van der Waals surface area contributed by atoms with Gasteiger partial charge in [-0.05, 0) is 30.5 Å². The number of imidazole rings is 1. The summed E-state index contributed by atoms with van der Waals surface area (Å²) in [6, 6.07) is 13.6. The summed E-state index contributed by atoms with van der Waals surface area (Å²) >= 11 is 1.46. The zero-order chi connectivity index (χ0) is 23.3. The smallest absolute Gasteiger partial charge is 0.289 e. The van der Waals surface area contributed by atoms with Crippen molar-refractivity contribution in [2.24, 2.45) is 0 Å². The predicted molar refractivity (Wildman–Crippen MR) is 129 cm³/mol. The first kappa shape index (κ1) is 22.7. The topological polar surface area (TPSA) is 80.8 Å². The van der Waals surface area contributed by atoms with Gasteiger partial charge >= 0.3 is 0 Å². The minimum atomic E-state index is -0.129. The summed E-state index contributed by atoms with van der Waals surface area (Å²) in [6.07, 6.45) is 5.67. The maximum Gasteiger partial charge on any atom is 0.289 e. The molecule has 2 saturated heterocycles. The molecule has 8 nitrogen and oxygen atoms in total. The van der Waals surface area contributed by atoms with Crippen LogP contribution in [0.25, 0.3) is 11.3 Å². The first-order chi connectivity index (χ1) is 16.7. The fraction of sp³-hybridized carbons (Fsp3) is 0.400. The van der Waals surface area contributed by atoms with E-state index < -0.39 is 0 Å². The fourth-order valence-electron chi connectivity index (χ4n) is 4.41. The number of nitrogens with zero attached hydrogens (tertiary/aromatic N) is 4. The van der Waals surface area contributed by atoms with E-state index in [-0.39, 0.29) is 17.9 Å². The highest BCUT2D eigenvalue weighted by Crippen LogP contribution is 2.28. The second-order valence-corrected chi connectivity index (χ2v) is 9.42. The molecule has 1 atom stereocenters. The number of ether oxygens (including phenoxy) is 1. The third-order valence-electron chi connectivity index (χ3n) is 6.28. The molecule has 0 aliphatic carbocycles. The van der Waals surface area contributed by atoms with E-state index in [0.29, 0.717) is 37.7 Å². The van der Waals surface area contributed by atoms with E-state index in [1.807, 2.05) is 29.3 Å². The molecule has 0 spiro atoms. The molecule has 5 rings (SSSR count). The summed E-state index contributed by atoms with van der Waals surface area (Å²) < 4.78 is 13.3. The van der Waals surface area contributed by atoms with Crippen LogP contribution in [0.1, 0.15) is 23.4 Å². The highest BCUT2D eigenvalue weighted by Gasteiger charge is 2.27. The average Bonchev–Trinajstić information content (AvgIpc) is 3.66. The van der Waals surface area contributed by atoms with Crippen molar-refractivity contribution in [3.8, 4) is 11.3 Å². The van der Waals surface area contributed by atoms with Crippen molar-refractivity contribution in [2.45, 2.75) is 30.6 Å². The molecule has 2 amide bonds. The van der Waals surface area contributed by atoms with Gasteiger partial charge < -0.3 is 23.5 Å². The summed E-state index contributed by atoms with van der Waals surface area (Å²) in [5.74, 6) is 0.574. The minimum absolute atomic E-state index is 0.0584. The predicted octanol–water partition coefficient (Wildman–Crippen LogP) is 3.40. The molecule has 3 aromatic rings. The van der Waals surface area contributed by atoms with Gasteiger partial charge in [-0.1, -0.05) is 42.1 Å². The van der Waals surface area contributed by atoms with Gasteiger partial charge in [0.05, 0.1) is 36.6 Å². The Bertz CT molecular complexity index is 1100. The molecule has 2 aromatic heterocycles. The quantitative estimate of drug-likeness (QED) is 0.482. The maximum absolute atomic E-state index is 12.9. The Morgan fingerprint density at radius 3 is 2.53 bits per heavy atom. The monoisotopic (exact) mass is 480 g/mol. The van der Waals surface area contributed by atoms with E-state index in [4.69, 9.17) is 9.15 Å². The Hall–Kier alpha value is -3.04. The summed E-state index contributed by atoms with van der Waals surface area (Å²) in [4.78, 5) is 33.6. The number of thioether (sulfide) groups is 1. The molecule has 0 radical (unpaired) electrons. The fourth-order valence-corrected chi connectivity index (χ4v) is 5.31. The molecule has 1 unspecified atom stereocenters. The number of carbonyl (C=O) groups excluding carboxylic acids is 2. The molecule has 178 valence electrons. The van der Waals surface area contributed by atoms with Crippen molar-refractivity contribution in [2.75, 3.05) is 38.5 Å². The van der Waals surface area contributed by atoms with Crippen LogP contribution in [0.15, 0.2) is 64.5 Å². The van der Waals surface area contributed by atoms with Crippen LogP contribution in [-0.4, -0.2) is 75.8 Å². The van der Waals surface area contributed by atoms with E-state index in [9.17, 15) is 9.59 Å². The Labute approximate surface area is 202 Å². The molecule has 0 saturated carbocycles. The number of hydrogen-bond acceptors (Lipinski definition) is 6. The maximum atomic E-state index is 12.9. The number of carbonyl (C=O) groups is 2. The van der Waals surface area contributed by atoms with Crippen LogP contribution in [0.2, 0.25) is 0 Å². The minimum Gasteiger partial charge on any atom is -0.459 e. The summed E-state index contributed by atoms with van der Waals surface area (Å²) in [7, 11) is 0. The molecule has 34 heavy (non-hydrogen) atoms. The average molecular weight is 481 g/mol. The van der Waals surface area contributed by atoms with Gasteiger partial charge in [0.1, 0.15) is 0 Å². The number of aromatic nitrogens is 2. The Morgan fingerprint density at radius 1 is 1.03 bits per heavy atom. The third kappa shape index (κ3) is 5.05. The Morgan fingerprint density at radius 2 is 1.82 bits per heavy atom. The van der Waals surface area contributed by atoms with E-state index in [2.05, 4.69) is 21.7 Å². The van der Waals surface area contributed by atoms with Gasteiger partial charge in [-0.25, -0.2) is 4.98 Å². The van der Waals surface area contributed by atoms with E-state index in [0.717, 1.165) is 42.4 Å². The largest absolute Gasteiger partial charge is 0.459 e. The lowest BCUT2D eigenvalue weighted by atomic mass is 10.1. The summed E-state index contributed by atoms with van der Waals surface area (Å²) in [5, 5.41) is 0.828. The van der Waals surface area contributed by atoms with Crippen LogP contribution >= 0.6 is 11.8 Å². The number of rotatable bonds is 7. The highest BCUT2D eigenvalue weighted by atomic mass is 32.2. The van der Waals surface area contributed by atoms with Gasteiger partial charge in [0.2, 0.25) is 5.91 Å². The molecular weight excluding hydrogens is 452 g/mol. The normalized spacial score (nSPS) is 18.4. The van der Waals surface area contributed by atoms with Crippen LogP contribution in [-0.2, 0) is 16.1 Å². The number of piperazine rings is 1. The zero-order valence-corrected chi connectivity index (χ0v) is 19.8. The van der Waals surface area contributed by atoms with Crippen LogP contribution in [0.5, 0.6) is 0 Å². The van der Waals surface area contributed by atoms with Gasteiger partial charge in [0, 0.05) is 32.8 Å². The van der Waals surface area contributed by atoms with Gasteiger partial charge in [-0.3, -0.25) is 9.59 Å². The molecule has 0 bridgehead atoms. The standard InChI is InChI=1S/C25H28N4O4S/c30-23(27-10-12-28(13-11-27)24(31)22-9-5-15-33-22)18-34-25-26-16-21(19-6-2-1-3-7-19)29(25)17-20-8-4-14-32-20/h1-3,5-7,9,15-16,20H,4,8,10-14,17-18H2. The summed E-state index contributed by atoms with van der Waals surface area (Å²) in [5.41, 5.74) is 2.14. The molecule has 9 heteroatoms. The SMILES string of the molecule is O=C(CSc1ncc(-c2ccccc2)n1CC1CCCO1)N1CCN(C(=O)c2ccco2)CC1. The van der Waals surface area contributed by atoms with E-state index in [1.165, 1.54) is 18.0 Å². The van der Waals surface area contributed by atoms with Gasteiger partial charge in [0.25, 0.3) is 5.91 Å². The van der Waals surface area contributed by atoms with Crippen molar-refractivity contribution in [3.63, 3.8) is 0 Å². The first-order valence-electron chi connectivity index (χ1n) is 11.6. The van der Waals surface area contributed by atoms with Crippen molar-refractivity contribution >= 4 is 23.6 Å². The van der Waals surface area contributed by atoms with Crippen molar-refractivity contribution < 1.29 is 18.7 Å². The molecule has 1 aromatic carbocycles. The van der Waals surface area contributed by atoms with Gasteiger partial charge in [0.15, 0.2) is 10.9 Å². The lowest BCUT2D eigenvalue weighted by Gasteiger charge is -2.34. The zero-order valence-electron chi connectivity index (χ0n) is 19.0. The van der Waals surface area contributed by atoms with Crippen molar-refractivity contribution in [1.29, 1.82) is 0 Å². The Kier molecular flexibility index (Phi) is 7.01. The van der Waals surface area contributed by atoms with E-state index in [1.54, 1.807) is 17.0 Å². The number of furan rings is 1. The number of benzene rings is 1. The number of hydrogen-bond donors (Lipinski definition) is 0. The van der Waals surface area contributed by atoms with Crippen molar-refractivity contribution in [3.05, 3.63) is 60.7 Å². The molecule has 2 fully saturated rings. The van der Waals surface area contributed by atoms with Gasteiger partial charge in [-0.2, -0.15) is 0 Å². The van der Waals surface area contributed by atoms with Crippen LogP contribution < -0.4 is 0 Å². The lowest BCUT2D eigenvalue weighted by molar-refractivity contribution is -0.129. The lowest BCUT2D eigenvalue weighted by Crippen LogP contribution is -2.51. The second-order valence-electron chi connectivity index (χ2n) is 8.48. The Balaban J connectivity index is 1.21. The van der Waals surface area contributed by atoms with Crippen LogP contribution in [0.4, 0.5) is 0 Å². The molecule has 2 aliphatic rings. The molecule has 2 aliphatic heterocycles. The van der Waals surface area contributed by atoms with Crippen LogP contribution in [0.3, 0.4) is 0 Å². The molecule has 4 heterocycles. The van der Waals surface area contributed by atoms with Crippen LogP contribution in [0, 0.1) is 0 Å². The third-order valence-corrected chi connectivity index (χ3v) is 7.25. The highest BCUT2D eigenvalue weighted by molar-refractivity contribution is 7.99.